The Hall–Kier alpha value is -4.38. The molecule has 2 aromatic heterocycles. The third-order valence-corrected chi connectivity index (χ3v) is 7.81. The lowest BCUT2D eigenvalue weighted by atomic mass is 9.92. The zero-order chi connectivity index (χ0) is 26.9. The molecule has 0 saturated heterocycles. The van der Waals surface area contributed by atoms with E-state index in [1.807, 2.05) is 49.4 Å². The Bertz CT molecular complexity index is 1540. The third kappa shape index (κ3) is 5.05. The molecule has 39 heavy (non-hydrogen) atoms. The highest BCUT2D eigenvalue weighted by molar-refractivity contribution is 5.96. The van der Waals surface area contributed by atoms with Crippen LogP contribution in [0.25, 0.3) is 22.2 Å². The molecular weight excluding hydrogens is 490 g/mol. The lowest BCUT2D eigenvalue weighted by Crippen LogP contribution is -2.21. The number of nitrogens with one attached hydrogen (secondary N) is 1. The molecule has 0 radical (unpaired) electrons. The van der Waals surface area contributed by atoms with Gasteiger partial charge in [0.05, 0.1) is 16.8 Å². The van der Waals surface area contributed by atoms with E-state index in [0.29, 0.717) is 35.0 Å². The lowest BCUT2D eigenvalue weighted by Gasteiger charge is -2.30. The Morgan fingerprint density at radius 1 is 1.13 bits per heavy atom. The highest BCUT2D eigenvalue weighted by atomic mass is 16.6. The van der Waals surface area contributed by atoms with Crippen LogP contribution in [0, 0.1) is 17.2 Å². The molecule has 1 N–H and O–H groups in total. The number of fused-ring (bicyclic) bond motifs is 1. The van der Waals surface area contributed by atoms with Crippen molar-refractivity contribution in [2.75, 3.05) is 5.32 Å². The van der Waals surface area contributed by atoms with Crippen LogP contribution in [0.15, 0.2) is 54.9 Å². The summed E-state index contributed by atoms with van der Waals surface area (Å²) in [7, 11) is 0. The normalized spacial score (nSPS) is 15.8. The van der Waals surface area contributed by atoms with Crippen molar-refractivity contribution in [3.05, 3.63) is 66.0 Å². The number of rotatable bonds is 8. The summed E-state index contributed by atoms with van der Waals surface area (Å²) in [6, 6.07) is 16.4. The number of anilines is 1. The fraction of sp³-hybridized carbons (Fsp3) is 0.355. The van der Waals surface area contributed by atoms with Crippen molar-refractivity contribution < 1.29 is 14.3 Å². The van der Waals surface area contributed by atoms with E-state index in [9.17, 15) is 10.1 Å². The van der Waals surface area contributed by atoms with Gasteiger partial charge < -0.3 is 14.0 Å². The van der Waals surface area contributed by atoms with Gasteiger partial charge in [0.25, 0.3) is 0 Å². The molecule has 0 bridgehead atoms. The first-order valence-electron chi connectivity index (χ1n) is 13.7. The second-order valence-corrected chi connectivity index (χ2v) is 10.4. The predicted molar refractivity (Wildman–Crippen MR) is 149 cm³/mol. The second kappa shape index (κ2) is 10.4. The fourth-order valence-corrected chi connectivity index (χ4v) is 5.15. The van der Waals surface area contributed by atoms with Gasteiger partial charge in [-0.15, -0.1) is 0 Å². The summed E-state index contributed by atoms with van der Waals surface area (Å²) in [4.78, 5) is 21.0. The average molecular weight is 522 g/mol. The van der Waals surface area contributed by atoms with Crippen molar-refractivity contribution in [3.63, 3.8) is 0 Å². The molecule has 198 valence electrons. The van der Waals surface area contributed by atoms with Crippen LogP contribution in [0.3, 0.4) is 0 Å². The van der Waals surface area contributed by atoms with Gasteiger partial charge >= 0.3 is 12.1 Å². The lowest BCUT2D eigenvalue weighted by molar-refractivity contribution is 0.108. The molecular formula is C31H31N5O3. The summed E-state index contributed by atoms with van der Waals surface area (Å²) in [5.74, 6) is 1.11. The first kappa shape index (κ1) is 24.9. The molecule has 2 fully saturated rings. The molecule has 2 heterocycles. The van der Waals surface area contributed by atoms with E-state index in [-0.39, 0.29) is 6.10 Å². The van der Waals surface area contributed by atoms with E-state index in [1.165, 1.54) is 0 Å². The number of hydrogen-bond acceptors (Lipinski definition) is 6. The molecule has 2 saturated carbocycles. The Morgan fingerprint density at radius 3 is 2.49 bits per heavy atom. The van der Waals surface area contributed by atoms with E-state index in [4.69, 9.17) is 9.47 Å². The maximum Gasteiger partial charge on any atom is 0.411 e. The number of benzene rings is 2. The first-order chi connectivity index (χ1) is 19.0. The van der Waals surface area contributed by atoms with Gasteiger partial charge in [-0.2, -0.15) is 5.26 Å². The minimum absolute atomic E-state index is 0.0724. The van der Waals surface area contributed by atoms with Crippen molar-refractivity contribution in [2.45, 2.75) is 64.5 Å². The maximum atomic E-state index is 12.3. The Balaban J connectivity index is 1.32. The quantitative estimate of drug-likeness (QED) is 0.259. The highest BCUT2D eigenvalue weighted by Gasteiger charge is 2.31. The molecule has 2 aliphatic carbocycles. The van der Waals surface area contributed by atoms with Crippen LogP contribution in [0.5, 0.6) is 11.8 Å². The smallest absolute Gasteiger partial charge is 0.411 e. The SMILES string of the molecule is CCc1cnc(Oc2ccc3c(C#N)c(-c4ccc(NC(=O)O[C@H](C)C5CC5)cc4)n(C4CCC4)c3c2)nc1. The van der Waals surface area contributed by atoms with E-state index < -0.39 is 6.09 Å². The van der Waals surface area contributed by atoms with E-state index >= 15 is 0 Å². The minimum Gasteiger partial charge on any atom is -0.446 e. The van der Waals surface area contributed by atoms with E-state index in [1.54, 1.807) is 12.4 Å². The van der Waals surface area contributed by atoms with Crippen LogP contribution in [0.1, 0.15) is 63.1 Å². The summed E-state index contributed by atoms with van der Waals surface area (Å²) in [5.41, 5.74) is 5.08. The summed E-state index contributed by atoms with van der Waals surface area (Å²) < 4.78 is 13.8. The third-order valence-electron chi connectivity index (χ3n) is 7.81. The van der Waals surface area contributed by atoms with Gasteiger partial charge in [0.15, 0.2) is 0 Å². The number of carbonyl (C=O) groups excluding carboxylic acids is 1. The minimum atomic E-state index is -0.440. The van der Waals surface area contributed by atoms with E-state index in [2.05, 4.69) is 32.8 Å². The number of hydrogen-bond donors (Lipinski definition) is 1. The summed E-state index contributed by atoms with van der Waals surface area (Å²) >= 11 is 0. The van der Waals surface area contributed by atoms with Gasteiger partial charge in [0.2, 0.25) is 0 Å². The van der Waals surface area contributed by atoms with Crippen LogP contribution in [-0.2, 0) is 11.2 Å². The molecule has 6 rings (SSSR count). The van der Waals surface area contributed by atoms with Crippen LogP contribution in [-0.4, -0.2) is 26.7 Å². The maximum absolute atomic E-state index is 12.3. The number of nitrogens with zero attached hydrogens (tertiary/aromatic N) is 4. The largest absolute Gasteiger partial charge is 0.446 e. The molecule has 4 aromatic rings. The van der Waals surface area contributed by atoms with Crippen LogP contribution in [0.2, 0.25) is 0 Å². The topological polar surface area (TPSA) is 102 Å². The summed E-state index contributed by atoms with van der Waals surface area (Å²) in [6.07, 6.45) is 9.40. The van der Waals surface area contributed by atoms with Crippen LogP contribution in [0.4, 0.5) is 10.5 Å². The summed E-state index contributed by atoms with van der Waals surface area (Å²) in [5, 5.41) is 13.9. The predicted octanol–water partition coefficient (Wildman–Crippen LogP) is 7.40. The van der Waals surface area contributed by atoms with Gasteiger partial charge in [-0.05, 0) is 86.8 Å². The zero-order valence-corrected chi connectivity index (χ0v) is 22.2. The Morgan fingerprint density at radius 2 is 1.87 bits per heavy atom. The molecule has 0 spiro atoms. The molecule has 8 heteroatoms. The summed E-state index contributed by atoms with van der Waals surface area (Å²) in [6.45, 7) is 4.00. The molecule has 2 aliphatic rings. The molecule has 8 nitrogen and oxygen atoms in total. The van der Waals surface area contributed by atoms with Crippen LogP contribution < -0.4 is 10.1 Å². The fourth-order valence-electron chi connectivity index (χ4n) is 5.15. The number of amides is 1. The molecule has 1 atom stereocenters. The highest BCUT2D eigenvalue weighted by Crippen LogP contribution is 2.43. The number of carbonyl (C=O) groups is 1. The van der Waals surface area contributed by atoms with Gasteiger partial charge in [-0.1, -0.05) is 19.1 Å². The second-order valence-electron chi connectivity index (χ2n) is 10.4. The number of aromatic nitrogens is 3. The Labute approximate surface area is 227 Å². The van der Waals surface area contributed by atoms with Crippen molar-refractivity contribution in [2.24, 2.45) is 5.92 Å². The molecule has 1 amide bonds. The molecule has 0 unspecified atom stereocenters. The first-order valence-corrected chi connectivity index (χ1v) is 13.7. The van der Waals surface area contributed by atoms with Gasteiger partial charge in [-0.25, -0.2) is 14.8 Å². The number of nitriles is 1. The average Bonchev–Trinajstić information content (AvgIpc) is 3.72. The van der Waals surface area contributed by atoms with Crippen molar-refractivity contribution in [1.29, 1.82) is 5.26 Å². The van der Waals surface area contributed by atoms with Crippen molar-refractivity contribution in [1.82, 2.24) is 14.5 Å². The van der Waals surface area contributed by atoms with Gasteiger partial charge in [0, 0.05) is 35.6 Å². The zero-order valence-electron chi connectivity index (χ0n) is 22.2. The van der Waals surface area contributed by atoms with Crippen molar-refractivity contribution >= 4 is 22.7 Å². The number of aryl methyl sites for hydroxylation is 1. The molecule has 2 aromatic carbocycles. The van der Waals surface area contributed by atoms with Gasteiger partial charge in [0.1, 0.15) is 17.9 Å². The monoisotopic (exact) mass is 521 g/mol. The van der Waals surface area contributed by atoms with E-state index in [0.717, 1.165) is 66.2 Å². The van der Waals surface area contributed by atoms with Crippen molar-refractivity contribution in [3.8, 4) is 29.1 Å². The van der Waals surface area contributed by atoms with Crippen LogP contribution >= 0.6 is 0 Å². The standard InChI is InChI=1S/C31H31N5O3/c1-3-20-17-33-30(34-18-20)39-25-13-14-26-27(16-32)29(36(28(26)15-25)24-5-4-6-24)22-9-11-23(12-10-22)35-31(37)38-19(2)21-7-8-21/h9-15,17-19,21,24H,3-8H2,1-2H3,(H,35,37)/t19-/m1/s1. The number of ether oxygens (including phenoxy) is 2. The molecule has 0 aliphatic heterocycles. The Kier molecular flexibility index (Phi) is 6.65. The van der Waals surface area contributed by atoms with Gasteiger partial charge in [-0.3, -0.25) is 5.32 Å².